The highest BCUT2D eigenvalue weighted by Crippen LogP contribution is 2.26. The second kappa shape index (κ2) is 3.76. The number of hydrogen-bond donors (Lipinski definition) is 1. The number of benzene rings is 1. The summed E-state index contributed by atoms with van der Waals surface area (Å²) in [5.41, 5.74) is 1.66. The highest BCUT2D eigenvalue weighted by atomic mass is 35.5. The Morgan fingerprint density at radius 3 is 2.67 bits per heavy atom. The smallest absolute Gasteiger partial charge is 0.125 e. The summed E-state index contributed by atoms with van der Waals surface area (Å²) in [6.07, 6.45) is 0. The van der Waals surface area contributed by atoms with Crippen molar-refractivity contribution in [3.05, 3.63) is 28.5 Å². The molecule has 0 radical (unpaired) electrons. The van der Waals surface area contributed by atoms with Crippen LogP contribution >= 0.6 is 11.6 Å². The van der Waals surface area contributed by atoms with E-state index in [1.54, 1.807) is 0 Å². The molecule has 0 aliphatic carbocycles. The van der Waals surface area contributed by atoms with Crippen LogP contribution in [0.2, 0.25) is 5.02 Å². The Morgan fingerprint density at radius 1 is 1.50 bits per heavy atom. The van der Waals surface area contributed by atoms with Gasteiger partial charge in [0.25, 0.3) is 0 Å². The van der Waals surface area contributed by atoms with E-state index in [1.165, 1.54) is 12.1 Å². The van der Waals surface area contributed by atoms with Gasteiger partial charge in [-0.3, -0.25) is 0 Å². The number of nitrogens with one attached hydrogen (secondary N) is 1. The Kier molecular flexibility index (Phi) is 2.93. The first-order chi connectivity index (χ1) is 5.65. The van der Waals surface area contributed by atoms with Gasteiger partial charge in [-0.2, -0.15) is 0 Å². The van der Waals surface area contributed by atoms with Gasteiger partial charge in [0, 0.05) is 6.54 Å². The predicted molar refractivity (Wildman–Crippen MR) is 50.3 cm³/mol. The van der Waals surface area contributed by atoms with Crippen LogP contribution in [-0.4, -0.2) is 6.54 Å². The van der Waals surface area contributed by atoms with Crippen molar-refractivity contribution >= 4 is 17.3 Å². The van der Waals surface area contributed by atoms with E-state index in [0.29, 0.717) is 5.02 Å². The lowest BCUT2D eigenvalue weighted by molar-refractivity contribution is 0.627. The molecule has 0 saturated carbocycles. The normalized spacial score (nSPS) is 10.0. The molecule has 3 heteroatoms. The molecule has 12 heavy (non-hydrogen) atoms. The third-order valence-electron chi connectivity index (χ3n) is 1.61. The summed E-state index contributed by atoms with van der Waals surface area (Å²) in [6.45, 7) is 4.58. The number of halogens is 2. The van der Waals surface area contributed by atoms with Gasteiger partial charge in [-0.05, 0) is 31.5 Å². The lowest BCUT2D eigenvalue weighted by Crippen LogP contribution is -1.99. The average Bonchev–Trinajstić information content (AvgIpc) is 1.96. The minimum Gasteiger partial charge on any atom is -0.384 e. The maximum Gasteiger partial charge on any atom is 0.125 e. The van der Waals surface area contributed by atoms with Crippen molar-refractivity contribution in [3.63, 3.8) is 0 Å². The molecule has 0 fully saturated rings. The van der Waals surface area contributed by atoms with Crippen LogP contribution in [0.1, 0.15) is 12.5 Å². The average molecular weight is 188 g/mol. The quantitative estimate of drug-likeness (QED) is 0.750. The number of hydrogen-bond acceptors (Lipinski definition) is 1. The fourth-order valence-corrected chi connectivity index (χ4v) is 1.42. The highest BCUT2D eigenvalue weighted by Gasteiger charge is 2.04. The van der Waals surface area contributed by atoms with Crippen LogP contribution in [0.15, 0.2) is 12.1 Å². The third-order valence-corrected chi connectivity index (χ3v) is 1.90. The van der Waals surface area contributed by atoms with Crippen molar-refractivity contribution in [2.45, 2.75) is 13.8 Å². The van der Waals surface area contributed by atoms with Gasteiger partial charge in [0.05, 0.1) is 10.7 Å². The van der Waals surface area contributed by atoms with Crippen LogP contribution in [0, 0.1) is 12.7 Å². The van der Waals surface area contributed by atoms with Crippen molar-refractivity contribution < 1.29 is 4.39 Å². The zero-order valence-corrected chi connectivity index (χ0v) is 7.87. The van der Waals surface area contributed by atoms with Gasteiger partial charge >= 0.3 is 0 Å². The molecule has 0 spiro atoms. The molecule has 0 bridgehead atoms. The molecule has 0 aliphatic rings. The maximum atomic E-state index is 12.7. The van der Waals surface area contributed by atoms with Gasteiger partial charge in [-0.25, -0.2) is 4.39 Å². The van der Waals surface area contributed by atoms with Gasteiger partial charge in [0.15, 0.2) is 0 Å². The van der Waals surface area contributed by atoms with Crippen molar-refractivity contribution in [1.82, 2.24) is 0 Å². The molecule has 1 N–H and O–H groups in total. The van der Waals surface area contributed by atoms with E-state index >= 15 is 0 Å². The summed E-state index contributed by atoms with van der Waals surface area (Å²) < 4.78 is 12.7. The predicted octanol–water partition coefficient (Wildman–Crippen LogP) is 3.22. The van der Waals surface area contributed by atoms with Crippen molar-refractivity contribution in [2.24, 2.45) is 0 Å². The molecule has 0 atom stereocenters. The second-order valence-electron chi connectivity index (χ2n) is 2.61. The SMILES string of the molecule is CCNc1c(C)cc(F)cc1Cl. The van der Waals surface area contributed by atoms with Crippen LogP contribution in [0.5, 0.6) is 0 Å². The molecule has 1 aromatic carbocycles. The van der Waals surface area contributed by atoms with E-state index in [0.717, 1.165) is 17.8 Å². The summed E-state index contributed by atoms with van der Waals surface area (Å²) in [7, 11) is 0. The van der Waals surface area contributed by atoms with Crippen LogP contribution in [0.25, 0.3) is 0 Å². The Morgan fingerprint density at radius 2 is 2.17 bits per heavy atom. The van der Waals surface area contributed by atoms with Crippen LogP contribution in [-0.2, 0) is 0 Å². The van der Waals surface area contributed by atoms with Gasteiger partial charge in [-0.15, -0.1) is 0 Å². The molecular weight excluding hydrogens is 177 g/mol. The minimum atomic E-state index is -0.292. The van der Waals surface area contributed by atoms with E-state index in [1.807, 2.05) is 13.8 Å². The van der Waals surface area contributed by atoms with Crippen molar-refractivity contribution in [2.75, 3.05) is 11.9 Å². The summed E-state index contributed by atoms with van der Waals surface area (Å²) in [5, 5.41) is 3.51. The molecule has 1 rings (SSSR count). The number of aryl methyl sites for hydroxylation is 1. The van der Waals surface area contributed by atoms with Crippen molar-refractivity contribution in [3.8, 4) is 0 Å². The molecule has 66 valence electrons. The lowest BCUT2D eigenvalue weighted by Gasteiger charge is -2.09. The van der Waals surface area contributed by atoms with Crippen LogP contribution in [0.3, 0.4) is 0 Å². The van der Waals surface area contributed by atoms with Crippen molar-refractivity contribution in [1.29, 1.82) is 0 Å². The zero-order valence-electron chi connectivity index (χ0n) is 7.12. The van der Waals surface area contributed by atoms with E-state index in [2.05, 4.69) is 5.32 Å². The largest absolute Gasteiger partial charge is 0.384 e. The summed E-state index contributed by atoms with van der Waals surface area (Å²) in [6, 6.07) is 2.77. The summed E-state index contributed by atoms with van der Waals surface area (Å²) in [5.74, 6) is -0.292. The summed E-state index contributed by atoms with van der Waals surface area (Å²) >= 11 is 5.81. The fourth-order valence-electron chi connectivity index (χ4n) is 1.10. The minimum absolute atomic E-state index is 0.292. The van der Waals surface area contributed by atoms with Crippen LogP contribution < -0.4 is 5.32 Å². The Balaban J connectivity index is 3.10. The van der Waals surface area contributed by atoms with Gasteiger partial charge in [-0.1, -0.05) is 11.6 Å². The molecular formula is C9H11ClFN. The standard InChI is InChI=1S/C9H11ClFN/c1-3-12-9-6(2)4-7(11)5-8(9)10/h4-5,12H,3H2,1-2H3. The van der Waals surface area contributed by atoms with E-state index in [-0.39, 0.29) is 5.82 Å². The van der Waals surface area contributed by atoms with E-state index in [4.69, 9.17) is 11.6 Å². The molecule has 0 aliphatic heterocycles. The monoisotopic (exact) mass is 187 g/mol. The van der Waals surface area contributed by atoms with E-state index in [9.17, 15) is 4.39 Å². The number of rotatable bonds is 2. The lowest BCUT2D eigenvalue weighted by atomic mass is 10.2. The molecule has 1 nitrogen and oxygen atoms in total. The first-order valence-corrected chi connectivity index (χ1v) is 4.22. The van der Waals surface area contributed by atoms with Gasteiger partial charge in [0.1, 0.15) is 5.82 Å². The molecule has 0 unspecified atom stereocenters. The molecule has 1 aromatic rings. The van der Waals surface area contributed by atoms with E-state index < -0.39 is 0 Å². The van der Waals surface area contributed by atoms with Gasteiger partial charge < -0.3 is 5.32 Å². The molecule has 0 saturated heterocycles. The number of anilines is 1. The fraction of sp³-hybridized carbons (Fsp3) is 0.333. The zero-order chi connectivity index (χ0) is 9.14. The topological polar surface area (TPSA) is 12.0 Å². The Bertz CT molecular complexity index is 263. The molecule has 0 heterocycles. The first-order valence-electron chi connectivity index (χ1n) is 3.84. The molecule has 0 amide bonds. The first kappa shape index (κ1) is 9.33. The second-order valence-corrected chi connectivity index (χ2v) is 3.02. The Labute approximate surface area is 76.5 Å². The molecule has 0 aromatic heterocycles. The highest BCUT2D eigenvalue weighted by molar-refractivity contribution is 6.33. The Hall–Kier alpha value is -0.760. The maximum absolute atomic E-state index is 12.7. The van der Waals surface area contributed by atoms with Crippen LogP contribution in [0.4, 0.5) is 10.1 Å². The van der Waals surface area contributed by atoms with Gasteiger partial charge in [0.2, 0.25) is 0 Å². The summed E-state index contributed by atoms with van der Waals surface area (Å²) in [4.78, 5) is 0. The third kappa shape index (κ3) is 1.89.